The van der Waals surface area contributed by atoms with E-state index in [-0.39, 0.29) is 12.5 Å². The SMILES string of the molecule is CCOC(=O)c1sc(N(C)C(=O)/C=C/c2c(C)nn(C)c2Cl)nc1C. The minimum atomic E-state index is -0.432. The number of ether oxygens (including phenoxy) is 1. The summed E-state index contributed by atoms with van der Waals surface area (Å²) in [6.45, 7) is 5.55. The van der Waals surface area contributed by atoms with Crippen molar-refractivity contribution in [1.82, 2.24) is 14.8 Å². The van der Waals surface area contributed by atoms with Gasteiger partial charge >= 0.3 is 5.97 Å². The van der Waals surface area contributed by atoms with Crippen LogP contribution in [0.15, 0.2) is 6.08 Å². The molecule has 0 atom stereocenters. The summed E-state index contributed by atoms with van der Waals surface area (Å²) in [5.74, 6) is -0.721. The zero-order chi connectivity index (χ0) is 18.7. The van der Waals surface area contributed by atoms with Crippen molar-refractivity contribution >= 4 is 46.0 Å². The molecule has 1 amide bonds. The van der Waals surface area contributed by atoms with Gasteiger partial charge in [-0.1, -0.05) is 22.9 Å². The fourth-order valence-corrected chi connectivity index (χ4v) is 3.27. The first kappa shape index (κ1) is 19.1. The van der Waals surface area contributed by atoms with Gasteiger partial charge in [-0.05, 0) is 26.8 Å². The molecule has 7 nitrogen and oxygen atoms in total. The Morgan fingerprint density at radius 1 is 1.36 bits per heavy atom. The van der Waals surface area contributed by atoms with E-state index in [0.29, 0.717) is 26.4 Å². The molecule has 2 aromatic rings. The molecule has 0 saturated heterocycles. The van der Waals surface area contributed by atoms with Gasteiger partial charge in [0.2, 0.25) is 0 Å². The third kappa shape index (κ3) is 4.08. The minimum Gasteiger partial charge on any atom is -0.462 e. The summed E-state index contributed by atoms with van der Waals surface area (Å²) in [7, 11) is 3.33. The number of anilines is 1. The Labute approximate surface area is 154 Å². The lowest BCUT2D eigenvalue weighted by Gasteiger charge is -2.10. The van der Waals surface area contributed by atoms with Gasteiger partial charge in [-0.25, -0.2) is 9.78 Å². The van der Waals surface area contributed by atoms with Gasteiger partial charge in [0.05, 0.1) is 18.0 Å². The lowest BCUT2D eigenvalue weighted by atomic mass is 10.2. The third-order valence-electron chi connectivity index (χ3n) is 3.45. The van der Waals surface area contributed by atoms with Crippen molar-refractivity contribution in [3.05, 3.63) is 33.1 Å². The number of hydrogen-bond acceptors (Lipinski definition) is 6. The zero-order valence-corrected chi connectivity index (χ0v) is 16.2. The monoisotopic (exact) mass is 382 g/mol. The second kappa shape index (κ2) is 7.79. The second-order valence-corrected chi connectivity index (χ2v) is 6.61. The van der Waals surface area contributed by atoms with Crippen molar-refractivity contribution in [3.8, 4) is 0 Å². The fraction of sp³-hybridized carbons (Fsp3) is 0.375. The van der Waals surface area contributed by atoms with Gasteiger partial charge in [0.1, 0.15) is 10.0 Å². The van der Waals surface area contributed by atoms with Gasteiger partial charge < -0.3 is 4.74 Å². The van der Waals surface area contributed by atoms with Crippen LogP contribution in [0.5, 0.6) is 0 Å². The Hall–Kier alpha value is -2.19. The van der Waals surface area contributed by atoms with Crippen LogP contribution in [-0.2, 0) is 16.6 Å². The van der Waals surface area contributed by atoms with Gasteiger partial charge in [0, 0.05) is 25.7 Å². The van der Waals surface area contributed by atoms with Crippen LogP contribution in [0.1, 0.15) is 33.5 Å². The highest BCUT2D eigenvalue weighted by molar-refractivity contribution is 7.17. The lowest BCUT2D eigenvalue weighted by molar-refractivity contribution is -0.113. The van der Waals surface area contributed by atoms with Crippen LogP contribution in [0.3, 0.4) is 0 Å². The molecule has 0 unspecified atom stereocenters. The average molecular weight is 383 g/mol. The third-order valence-corrected chi connectivity index (χ3v) is 5.11. The van der Waals surface area contributed by atoms with Crippen LogP contribution in [-0.4, -0.2) is 40.3 Å². The number of aryl methyl sites for hydroxylation is 3. The number of amides is 1. The van der Waals surface area contributed by atoms with Crippen molar-refractivity contribution in [2.45, 2.75) is 20.8 Å². The maximum atomic E-state index is 12.4. The average Bonchev–Trinajstić information content (AvgIpc) is 3.05. The number of likely N-dealkylation sites (N-methyl/N-ethyl adjacent to an activating group) is 1. The first-order valence-corrected chi connectivity index (χ1v) is 8.75. The van der Waals surface area contributed by atoms with E-state index in [1.165, 1.54) is 11.0 Å². The zero-order valence-electron chi connectivity index (χ0n) is 14.7. The predicted molar refractivity (Wildman–Crippen MR) is 98.2 cm³/mol. The first-order valence-electron chi connectivity index (χ1n) is 7.55. The fourth-order valence-electron chi connectivity index (χ4n) is 2.11. The Morgan fingerprint density at radius 3 is 2.60 bits per heavy atom. The molecule has 134 valence electrons. The summed E-state index contributed by atoms with van der Waals surface area (Å²) in [5, 5.41) is 5.07. The molecule has 2 heterocycles. The van der Waals surface area contributed by atoms with Crippen molar-refractivity contribution in [2.24, 2.45) is 7.05 Å². The number of halogens is 1. The lowest BCUT2D eigenvalue weighted by Crippen LogP contribution is -2.23. The maximum Gasteiger partial charge on any atom is 0.350 e. The normalized spacial score (nSPS) is 11.1. The summed E-state index contributed by atoms with van der Waals surface area (Å²) in [4.78, 5) is 30.3. The van der Waals surface area contributed by atoms with Gasteiger partial charge in [0.25, 0.3) is 5.91 Å². The van der Waals surface area contributed by atoms with E-state index in [9.17, 15) is 9.59 Å². The van der Waals surface area contributed by atoms with E-state index in [1.807, 2.05) is 6.92 Å². The van der Waals surface area contributed by atoms with Gasteiger partial charge in [-0.3, -0.25) is 14.4 Å². The van der Waals surface area contributed by atoms with Gasteiger partial charge in [-0.2, -0.15) is 5.10 Å². The number of carbonyl (C=O) groups excluding carboxylic acids is 2. The smallest absolute Gasteiger partial charge is 0.350 e. The molecular formula is C16H19ClN4O3S. The molecule has 0 spiro atoms. The summed E-state index contributed by atoms with van der Waals surface area (Å²) in [5.41, 5.74) is 1.95. The Morgan fingerprint density at radius 2 is 2.04 bits per heavy atom. The van der Waals surface area contributed by atoms with E-state index in [0.717, 1.165) is 17.0 Å². The number of aromatic nitrogens is 3. The molecule has 2 aromatic heterocycles. The van der Waals surface area contributed by atoms with Crippen LogP contribution >= 0.6 is 22.9 Å². The van der Waals surface area contributed by atoms with Crippen LogP contribution in [0.4, 0.5) is 5.13 Å². The number of nitrogens with zero attached hydrogens (tertiary/aromatic N) is 4. The summed E-state index contributed by atoms with van der Waals surface area (Å²) in [6, 6.07) is 0. The molecule has 0 aromatic carbocycles. The van der Waals surface area contributed by atoms with Crippen LogP contribution in [0.2, 0.25) is 5.15 Å². The Balaban J connectivity index is 2.19. The van der Waals surface area contributed by atoms with E-state index < -0.39 is 5.97 Å². The van der Waals surface area contributed by atoms with Crippen LogP contribution < -0.4 is 4.90 Å². The van der Waals surface area contributed by atoms with E-state index in [1.54, 1.807) is 38.7 Å². The number of hydrogen-bond donors (Lipinski definition) is 0. The largest absolute Gasteiger partial charge is 0.462 e. The van der Waals surface area contributed by atoms with Crippen LogP contribution in [0.25, 0.3) is 6.08 Å². The predicted octanol–water partition coefficient (Wildman–Crippen LogP) is 3.00. The topological polar surface area (TPSA) is 77.3 Å². The van der Waals surface area contributed by atoms with E-state index >= 15 is 0 Å². The number of esters is 1. The highest BCUT2D eigenvalue weighted by Crippen LogP contribution is 2.26. The number of carbonyl (C=O) groups is 2. The highest BCUT2D eigenvalue weighted by Gasteiger charge is 2.20. The van der Waals surface area contributed by atoms with E-state index in [4.69, 9.17) is 16.3 Å². The molecule has 0 aliphatic heterocycles. The number of thiazole rings is 1. The molecule has 0 radical (unpaired) electrons. The van der Waals surface area contributed by atoms with Crippen molar-refractivity contribution < 1.29 is 14.3 Å². The van der Waals surface area contributed by atoms with Crippen molar-refractivity contribution in [2.75, 3.05) is 18.6 Å². The molecule has 0 saturated carbocycles. The van der Waals surface area contributed by atoms with Crippen molar-refractivity contribution in [3.63, 3.8) is 0 Å². The molecule has 0 aliphatic carbocycles. The first-order chi connectivity index (χ1) is 11.8. The quantitative estimate of drug-likeness (QED) is 0.586. The Bertz CT molecular complexity index is 841. The molecular weight excluding hydrogens is 364 g/mol. The summed E-state index contributed by atoms with van der Waals surface area (Å²) in [6.07, 6.45) is 3.02. The summed E-state index contributed by atoms with van der Waals surface area (Å²) < 4.78 is 6.53. The molecule has 0 bridgehead atoms. The second-order valence-electron chi connectivity index (χ2n) is 5.28. The molecule has 0 aliphatic rings. The molecule has 0 fully saturated rings. The highest BCUT2D eigenvalue weighted by atomic mass is 35.5. The Kier molecular flexibility index (Phi) is 5.97. The molecule has 25 heavy (non-hydrogen) atoms. The molecule has 0 N–H and O–H groups in total. The molecule has 9 heteroatoms. The van der Waals surface area contributed by atoms with E-state index in [2.05, 4.69) is 10.1 Å². The maximum absolute atomic E-state index is 12.4. The van der Waals surface area contributed by atoms with Gasteiger partial charge in [-0.15, -0.1) is 0 Å². The molecule has 2 rings (SSSR count). The minimum absolute atomic E-state index is 0.286. The summed E-state index contributed by atoms with van der Waals surface area (Å²) >= 11 is 7.26. The van der Waals surface area contributed by atoms with Crippen LogP contribution in [0, 0.1) is 13.8 Å². The van der Waals surface area contributed by atoms with Crippen molar-refractivity contribution in [1.29, 1.82) is 0 Å². The number of rotatable bonds is 5. The standard InChI is InChI=1S/C16H19ClN4O3S/c1-6-24-15(23)13-10(3)18-16(25-13)20(4)12(22)8-7-11-9(2)19-21(5)14(11)17/h7-8H,6H2,1-5H3/b8-7+. The van der Waals surface area contributed by atoms with Gasteiger partial charge in [0.15, 0.2) is 5.13 Å².